The molecule has 0 aromatic heterocycles. The molecule has 122 valence electrons. The van der Waals surface area contributed by atoms with Crippen LogP contribution in [0.25, 0.3) is 0 Å². The summed E-state index contributed by atoms with van der Waals surface area (Å²) < 4.78 is 5.13. The number of ether oxygens (including phenoxy) is 1. The largest absolute Gasteiger partial charge is 0.495 e. The molecule has 7 heteroatoms. The maximum Gasteiger partial charge on any atom is 0.285 e. The number of carbonyl (C=O) groups is 3. The van der Waals surface area contributed by atoms with Gasteiger partial charge < -0.3 is 10.1 Å². The van der Waals surface area contributed by atoms with Crippen LogP contribution in [-0.4, -0.2) is 36.5 Å². The number of nitrogens with one attached hydrogen (secondary N) is 1. The molecule has 0 bridgehead atoms. The van der Waals surface area contributed by atoms with Gasteiger partial charge in [0.25, 0.3) is 17.7 Å². The zero-order chi connectivity index (χ0) is 17.1. The molecule has 1 heterocycles. The van der Waals surface area contributed by atoms with Crippen molar-refractivity contribution in [2.75, 3.05) is 19.0 Å². The Kier molecular flexibility index (Phi) is 4.26. The van der Waals surface area contributed by atoms with Crippen molar-refractivity contribution in [3.8, 4) is 5.75 Å². The molecule has 0 aliphatic carbocycles. The topological polar surface area (TPSA) is 84.9 Å². The van der Waals surface area contributed by atoms with Crippen LogP contribution in [0, 0.1) is 0 Å². The van der Waals surface area contributed by atoms with Crippen LogP contribution >= 0.6 is 0 Å². The number of nitrogens with zero attached hydrogens (tertiary/aromatic N) is 1. The Morgan fingerprint density at radius 3 is 2.21 bits per heavy atom. The van der Waals surface area contributed by atoms with E-state index >= 15 is 0 Å². The summed E-state index contributed by atoms with van der Waals surface area (Å²) >= 11 is 0. The van der Waals surface area contributed by atoms with Crippen LogP contribution in [0.5, 0.6) is 5.75 Å². The van der Waals surface area contributed by atoms with Crippen LogP contribution in [0.4, 0.5) is 5.69 Å². The van der Waals surface area contributed by atoms with Crippen molar-refractivity contribution in [1.29, 1.82) is 0 Å². The molecule has 0 atom stereocenters. The maximum absolute atomic E-state index is 12.1. The molecule has 0 saturated heterocycles. The van der Waals surface area contributed by atoms with Crippen molar-refractivity contribution < 1.29 is 24.0 Å². The number of amides is 3. The zero-order valence-electron chi connectivity index (χ0n) is 12.8. The third kappa shape index (κ3) is 2.84. The Morgan fingerprint density at radius 1 is 1.00 bits per heavy atom. The number of hydrogen-bond donors (Lipinski definition) is 1. The first-order valence-electron chi connectivity index (χ1n) is 7.15. The quantitative estimate of drug-likeness (QED) is 0.848. The van der Waals surface area contributed by atoms with Crippen LogP contribution in [-0.2, 0) is 9.63 Å². The lowest BCUT2D eigenvalue weighted by molar-refractivity contribution is -0.134. The van der Waals surface area contributed by atoms with E-state index in [0.717, 1.165) is 0 Å². The first-order chi connectivity index (χ1) is 11.6. The van der Waals surface area contributed by atoms with E-state index in [4.69, 9.17) is 9.57 Å². The molecular formula is C17H14N2O5. The lowest BCUT2D eigenvalue weighted by atomic mass is 10.1. The second-order valence-electron chi connectivity index (χ2n) is 4.97. The molecular weight excluding hydrogens is 312 g/mol. The van der Waals surface area contributed by atoms with Crippen LogP contribution in [0.3, 0.4) is 0 Å². The third-order valence-electron chi connectivity index (χ3n) is 3.46. The summed E-state index contributed by atoms with van der Waals surface area (Å²) in [7, 11) is 1.49. The minimum atomic E-state index is -0.583. The molecule has 2 aromatic carbocycles. The smallest absolute Gasteiger partial charge is 0.285 e. The van der Waals surface area contributed by atoms with E-state index in [-0.39, 0.29) is 11.1 Å². The molecule has 7 nitrogen and oxygen atoms in total. The number of carbonyl (C=O) groups excluding carboxylic acids is 3. The first kappa shape index (κ1) is 15.7. The Balaban J connectivity index is 1.63. The fourth-order valence-corrected chi connectivity index (χ4v) is 2.34. The Bertz CT molecular complexity index is 783. The third-order valence-corrected chi connectivity index (χ3v) is 3.46. The summed E-state index contributed by atoms with van der Waals surface area (Å²) in [6.45, 7) is -0.483. The molecule has 24 heavy (non-hydrogen) atoms. The van der Waals surface area contributed by atoms with Crippen molar-refractivity contribution in [3.05, 3.63) is 59.7 Å². The number of hydrogen-bond acceptors (Lipinski definition) is 5. The fraction of sp³-hybridized carbons (Fsp3) is 0.118. The van der Waals surface area contributed by atoms with Gasteiger partial charge in [-0.2, -0.15) is 0 Å². The van der Waals surface area contributed by atoms with E-state index in [1.54, 1.807) is 36.4 Å². The number of imide groups is 1. The lowest BCUT2D eigenvalue weighted by Gasteiger charge is -2.14. The van der Waals surface area contributed by atoms with E-state index in [9.17, 15) is 14.4 Å². The molecule has 0 fully saturated rings. The standard InChI is InChI=1S/C17H14N2O5/c1-23-14-9-5-4-8-13(14)18-15(20)10-24-19-16(21)11-6-2-3-7-12(11)17(19)22/h2-9H,10H2,1H3,(H,18,20). The van der Waals surface area contributed by atoms with Gasteiger partial charge in [-0.15, -0.1) is 5.06 Å². The predicted molar refractivity (Wildman–Crippen MR) is 84.5 cm³/mol. The fourth-order valence-electron chi connectivity index (χ4n) is 2.34. The number of hydroxylamine groups is 2. The maximum atomic E-state index is 12.1. The van der Waals surface area contributed by atoms with Crippen molar-refractivity contribution in [2.45, 2.75) is 0 Å². The Morgan fingerprint density at radius 2 is 1.58 bits per heavy atom. The van der Waals surface area contributed by atoms with Gasteiger partial charge in [-0.3, -0.25) is 19.2 Å². The number of rotatable bonds is 5. The van der Waals surface area contributed by atoms with Gasteiger partial charge in [0.05, 0.1) is 23.9 Å². The molecule has 3 amide bonds. The normalized spacial score (nSPS) is 13.0. The number of methoxy groups -OCH3 is 1. The highest BCUT2D eigenvalue weighted by atomic mass is 16.7. The van der Waals surface area contributed by atoms with Gasteiger partial charge in [-0.05, 0) is 24.3 Å². The average molecular weight is 326 g/mol. The van der Waals surface area contributed by atoms with E-state index in [1.165, 1.54) is 19.2 Å². The van der Waals surface area contributed by atoms with Crippen LogP contribution in [0.2, 0.25) is 0 Å². The monoisotopic (exact) mass is 326 g/mol. The van der Waals surface area contributed by atoms with Gasteiger partial charge in [0.15, 0.2) is 6.61 Å². The SMILES string of the molecule is COc1ccccc1NC(=O)CON1C(=O)c2ccccc2C1=O. The second-order valence-corrected chi connectivity index (χ2v) is 4.97. The van der Waals surface area contributed by atoms with Gasteiger partial charge in [0.2, 0.25) is 0 Å². The van der Waals surface area contributed by atoms with E-state index in [0.29, 0.717) is 16.5 Å². The van der Waals surface area contributed by atoms with Crippen molar-refractivity contribution in [1.82, 2.24) is 5.06 Å². The number of para-hydroxylation sites is 2. The van der Waals surface area contributed by atoms with Crippen LogP contribution in [0.1, 0.15) is 20.7 Å². The van der Waals surface area contributed by atoms with E-state index < -0.39 is 24.3 Å². The summed E-state index contributed by atoms with van der Waals surface area (Å²) in [5.74, 6) is -1.19. The molecule has 0 radical (unpaired) electrons. The predicted octanol–water partition coefficient (Wildman–Crippen LogP) is 1.86. The lowest BCUT2D eigenvalue weighted by Crippen LogP contribution is -2.33. The molecule has 0 unspecified atom stereocenters. The summed E-state index contributed by atoms with van der Waals surface area (Å²) in [5.41, 5.74) is 0.983. The molecule has 3 rings (SSSR count). The summed E-state index contributed by atoms with van der Waals surface area (Å²) in [5, 5.41) is 3.20. The molecule has 1 N–H and O–H groups in total. The van der Waals surface area contributed by atoms with Gasteiger partial charge >= 0.3 is 0 Å². The van der Waals surface area contributed by atoms with Crippen LogP contribution < -0.4 is 10.1 Å². The van der Waals surface area contributed by atoms with E-state index in [1.807, 2.05) is 0 Å². The number of anilines is 1. The minimum absolute atomic E-state index is 0.257. The summed E-state index contributed by atoms with van der Waals surface area (Å²) in [4.78, 5) is 41.3. The number of fused-ring (bicyclic) bond motifs is 1. The van der Waals surface area contributed by atoms with Gasteiger partial charge in [0.1, 0.15) is 5.75 Å². The Labute approximate surface area is 137 Å². The molecule has 2 aromatic rings. The highest BCUT2D eigenvalue weighted by molar-refractivity contribution is 6.20. The van der Waals surface area contributed by atoms with Gasteiger partial charge in [0, 0.05) is 0 Å². The number of benzene rings is 2. The van der Waals surface area contributed by atoms with Crippen molar-refractivity contribution >= 4 is 23.4 Å². The zero-order valence-corrected chi connectivity index (χ0v) is 12.8. The van der Waals surface area contributed by atoms with Gasteiger partial charge in [-0.1, -0.05) is 24.3 Å². The molecule has 1 aliphatic rings. The van der Waals surface area contributed by atoms with Gasteiger partial charge in [-0.25, -0.2) is 0 Å². The molecule has 0 saturated carbocycles. The van der Waals surface area contributed by atoms with E-state index in [2.05, 4.69) is 5.32 Å². The Hall–Kier alpha value is -3.19. The first-order valence-corrected chi connectivity index (χ1v) is 7.15. The molecule has 1 aliphatic heterocycles. The second kappa shape index (κ2) is 6.51. The minimum Gasteiger partial charge on any atom is -0.495 e. The van der Waals surface area contributed by atoms with Crippen molar-refractivity contribution in [3.63, 3.8) is 0 Å². The average Bonchev–Trinajstić information content (AvgIpc) is 2.85. The summed E-state index contributed by atoms with van der Waals surface area (Å²) in [6.07, 6.45) is 0. The summed E-state index contributed by atoms with van der Waals surface area (Å²) in [6, 6.07) is 13.2. The van der Waals surface area contributed by atoms with Crippen molar-refractivity contribution in [2.24, 2.45) is 0 Å². The highest BCUT2D eigenvalue weighted by Gasteiger charge is 2.36. The van der Waals surface area contributed by atoms with Crippen LogP contribution in [0.15, 0.2) is 48.5 Å². The highest BCUT2D eigenvalue weighted by Crippen LogP contribution is 2.24. The molecule has 0 spiro atoms.